The molecule has 7 heteroatoms. The Kier molecular flexibility index (Phi) is 3.29. The van der Waals surface area contributed by atoms with E-state index in [0.717, 1.165) is 4.88 Å². The molecule has 1 saturated carbocycles. The van der Waals surface area contributed by atoms with Gasteiger partial charge in [-0.1, -0.05) is 0 Å². The van der Waals surface area contributed by atoms with E-state index in [0.29, 0.717) is 29.3 Å². The molecule has 0 aromatic carbocycles. The van der Waals surface area contributed by atoms with Crippen LogP contribution >= 0.6 is 11.3 Å². The maximum atomic E-state index is 12.2. The predicted molar refractivity (Wildman–Crippen MR) is 76.2 cm³/mol. The second kappa shape index (κ2) is 5.00. The number of furan rings is 1. The van der Waals surface area contributed by atoms with Crippen molar-refractivity contribution in [1.29, 1.82) is 0 Å². The van der Waals surface area contributed by atoms with E-state index in [2.05, 4.69) is 10.3 Å². The van der Waals surface area contributed by atoms with Crippen molar-refractivity contribution in [2.75, 3.05) is 6.54 Å². The van der Waals surface area contributed by atoms with Crippen LogP contribution in [0.25, 0.3) is 10.8 Å². The summed E-state index contributed by atoms with van der Waals surface area (Å²) in [7, 11) is 0. The highest BCUT2D eigenvalue weighted by Crippen LogP contribution is 2.45. The van der Waals surface area contributed by atoms with Crippen LogP contribution in [0.15, 0.2) is 22.8 Å². The smallest absolute Gasteiger partial charge is 0.311 e. The number of amides is 1. The van der Waals surface area contributed by atoms with E-state index >= 15 is 0 Å². The minimum atomic E-state index is -0.853. The Bertz CT molecular complexity index is 686. The third-order valence-electron chi connectivity index (χ3n) is 3.64. The first-order valence-corrected chi connectivity index (χ1v) is 7.36. The molecule has 110 valence electrons. The molecule has 1 aliphatic rings. The van der Waals surface area contributed by atoms with Gasteiger partial charge >= 0.3 is 5.97 Å². The van der Waals surface area contributed by atoms with Crippen molar-refractivity contribution in [1.82, 2.24) is 10.3 Å². The number of carboxylic acids is 1. The number of nitrogens with one attached hydrogen (secondary N) is 1. The fourth-order valence-corrected chi connectivity index (χ4v) is 2.94. The Morgan fingerprint density at radius 3 is 2.86 bits per heavy atom. The van der Waals surface area contributed by atoms with Gasteiger partial charge in [0, 0.05) is 11.4 Å². The van der Waals surface area contributed by atoms with E-state index in [9.17, 15) is 9.59 Å². The Labute approximate surface area is 124 Å². The summed E-state index contributed by atoms with van der Waals surface area (Å²) >= 11 is 1.37. The summed E-state index contributed by atoms with van der Waals surface area (Å²) in [6.07, 6.45) is 2.77. The van der Waals surface area contributed by atoms with Crippen molar-refractivity contribution in [2.45, 2.75) is 19.8 Å². The zero-order chi connectivity index (χ0) is 15.0. The van der Waals surface area contributed by atoms with Crippen molar-refractivity contribution in [3.63, 3.8) is 0 Å². The number of nitrogens with zero attached hydrogens (tertiary/aromatic N) is 1. The molecule has 21 heavy (non-hydrogen) atoms. The topological polar surface area (TPSA) is 92.4 Å². The molecule has 2 aromatic heterocycles. The first-order valence-electron chi connectivity index (χ1n) is 6.55. The lowest BCUT2D eigenvalue weighted by Crippen LogP contribution is -2.34. The maximum Gasteiger partial charge on any atom is 0.311 e. The average molecular weight is 306 g/mol. The lowest BCUT2D eigenvalue weighted by atomic mass is 10.1. The van der Waals surface area contributed by atoms with E-state index in [1.807, 2.05) is 6.92 Å². The summed E-state index contributed by atoms with van der Waals surface area (Å²) < 4.78 is 5.26. The van der Waals surface area contributed by atoms with Crippen LogP contribution in [0.1, 0.15) is 28.2 Å². The number of hydrogen-bond donors (Lipinski definition) is 2. The fourth-order valence-electron chi connectivity index (χ4n) is 2.06. The minimum Gasteiger partial charge on any atom is -0.481 e. The van der Waals surface area contributed by atoms with Gasteiger partial charge in [-0.2, -0.15) is 0 Å². The molecular formula is C14H14N2O4S. The Hall–Kier alpha value is -2.15. The number of aryl methyl sites for hydroxylation is 1. The highest BCUT2D eigenvalue weighted by Gasteiger charge is 2.50. The quantitative estimate of drug-likeness (QED) is 0.884. The van der Waals surface area contributed by atoms with Gasteiger partial charge in [0.1, 0.15) is 5.69 Å². The van der Waals surface area contributed by atoms with Crippen molar-refractivity contribution in [3.05, 3.63) is 29.0 Å². The SMILES string of the molecule is Cc1sc(-c2ccco2)nc1C(=O)NCC1(C(=O)O)CC1. The van der Waals surface area contributed by atoms with Crippen molar-refractivity contribution in [3.8, 4) is 10.8 Å². The van der Waals surface area contributed by atoms with Crippen molar-refractivity contribution >= 4 is 23.2 Å². The van der Waals surface area contributed by atoms with Gasteiger partial charge < -0.3 is 14.8 Å². The molecule has 1 fully saturated rings. The van der Waals surface area contributed by atoms with Crippen LogP contribution in [0.3, 0.4) is 0 Å². The van der Waals surface area contributed by atoms with E-state index in [1.54, 1.807) is 18.4 Å². The predicted octanol–water partition coefficient (Wildman–Crippen LogP) is 2.31. The molecular weight excluding hydrogens is 292 g/mol. The van der Waals surface area contributed by atoms with Gasteiger partial charge in [0.2, 0.25) is 0 Å². The van der Waals surface area contributed by atoms with E-state index in [-0.39, 0.29) is 12.5 Å². The first kappa shape index (κ1) is 13.8. The summed E-state index contributed by atoms with van der Waals surface area (Å²) in [6.45, 7) is 1.96. The maximum absolute atomic E-state index is 12.2. The Morgan fingerprint density at radius 1 is 1.52 bits per heavy atom. The van der Waals surface area contributed by atoms with Gasteiger partial charge in [0.15, 0.2) is 10.8 Å². The number of carbonyl (C=O) groups excluding carboxylic acids is 1. The second-order valence-corrected chi connectivity index (χ2v) is 6.37. The summed E-state index contributed by atoms with van der Waals surface area (Å²) in [5, 5.41) is 12.4. The number of carboxylic acid groups (broad SMARTS) is 1. The Balaban J connectivity index is 1.72. The lowest BCUT2D eigenvalue weighted by molar-refractivity contribution is -0.143. The molecule has 0 radical (unpaired) electrons. The van der Waals surface area contributed by atoms with Crippen LogP contribution in [0.5, 0.6) is 0 Å². The van der Waals surface area contributed by atoms with Crippen LogP contribution in [-0.2, 0) is 4.79 Å². The molecule has 0 aliphatic heterocycles. The highest BCUT2D eigenvalue weighted by atomic mass is 32.1. The van der Waals surface area contributed by atoms with Crippen LogP contribution in [-0.4, -0.2) is 28.5 Å². The van der Waals surface area contributed by atoms with E-state index in [1.165, 1.54) is 11.3 Å². The standard InChI is InChI=1S/C14H14N2O4S/c1-8-10(16-12(21-8)9-3-2-6-20-9)11(17)15-7-14(4-5-14)13(18)19/h2-3,6H,4-5,7H2,1H3,(H,15,17)(H,18,19). The minimum absolute atomic E-state index is 0.147. The molecule has 0 unspecified atom stereocenters. The number of carbonyl (C=O) groups is 2. The summed E-state index contributed by atoms with van der Waals surface area (Å²) in [6, 6.07) is 3.54. The van der Waals surface area contributed by atoms with Gasteiger partial charge in [-0.3, -0.25) is 9.59 Å². The number of thiazole rings is 1. The van der Waals surface area contributed by atoms with Gasteiger partial charge in [-0.05, 0) is 31.9 Å². The van der Waals surface area contributed by atoms with Crippen molar-refractivity contribution in [2.24, 2.45) is 5.41 Å². The lowest BCUT2D eigenvalue weighted by Gasteiger charge is -2.10. The zero-order valence-corrected chi connectivity index (χ0v) is 12.2. The van der Waals surface area contributed by atoms with Gasteiger partial charge in [0.05, 0.1) is 11.7 Å². The van der Waals surface area contributed by atoms with Crippen LogP contribution in [0, 0.1) is 12.3 Å². The average Bonchev–Trinajstić information content (AvgIpc) is 2.87. The van der Waals surface area contributed by atoms with Crippen LogP contribution in [0.4, 0.5) is 0 Å². The van der Waals surface area contributed by atoms with Crippen molar-refractivity contribution < 1.29 is 19.1 Å². The molecule has 1 amide bonds. The molecule has 2 N–H and O–H groups in total. The molecule has 6 nitrogen and oxygen atoms in total. The van der Waals surface area contributed by atoms with E-state index in [4.69, 9.17) is 9.52 Å². The zero-order valence-electron chi connectivity index (χ0n) is 11.4. The van der Waals surface area contributed by atoms with Gasteiger partial charge in [0.25, 0.3) is 5.91 Å². The van der Waals surface area contributed by atoms with Gasteiger partial charge in [-0.25, -0.2) is 4.98 Å². The second-order valence-electron chi connectivity index (χ2n) is 5.17. The molecule has 0 bridgehead atoms. The third kappa shape index (κ3) is 2.56. The first-order chi connectivity index (χ1) is 10.0. The molecule has 2 aromatic rings. The van der Waals surface area contributed by atoms with Gasteiger partial charge in [-0.15, -0.1) is 11.3 Å². The van der Waals surface area contributed by atoms with Crippen LogP contribution < -0.4 is 5.32 Å². The Morgan fingerprint density at radius 2 is 2.29 bits per heavy atom. The third-order valence-corrected chi connectivity index (χ3v) is 4.62. The number of aliphatic carboxylic acids is 1. The molecule has 3 rings (SSSR count). The van der Waals surface area contributed by atoms with E-state index < -0.39 is 11.4 Å². The molecule has 0 saturated heterocycles. The number of aromatic nitrogens is 1. The van der Waals surface area contributed by atoms with Crippen LogP contribution in [0.2, 0.25) is 0 Å². The summed E-state index contributed by atoms with van der Waals surface area (Å²) in [4.78, 5) is 28.3. The largest absolute Gasteiger partial charge is 0.481 e. The molecule has 0 spiro atoms. The monoisotopic (exact) mass is 306 g/mol. The normalized spacial score (nSPS) is 15.7. The fraction of sp³-hybridized carbons (Fsp3) is 0.357. The number of hydrogen-bond acceptors (Lipinski definition) is 5. The molecule has 0 atom stereocenters. The summed E-state index contributed by atoms with van der Waals surface area (Å²) in [5.41, 5.74) is -0.448. The molecule has 2 heterocycles. The summed E-state index contributed by atoms with van der Waals surface area (Å²) in [5.74, 6) is -0.575. The molecule has 1 aliphatic carbocycles. The number of rotatable bonds is 5. The highest BCUT2D eigenvalue weighted by molar-refractivity contribution is 7.15.